The van der Waals surface area contributed by atoms with Gasteiger partial charge in [0.2, 0.25) is 0 Å². The van der Waals surface area contributed by atoms with E-state index in [2.05, 4.69) is 55.4 Å². The topological polar surface area (TPSA) is 90.3 Å². The Morgan fingerprint density at radius 1 is 1.14 bits per heavy atom. The van der Waals surface area contributed by atoms with Gasteiger partial charge in [0.05, 0.1) is 5.70 Å². The molecule has 7 heteroatoms. The number of carboxylic acids is 2. The van der Waals surface area contributed by atoms with Crippen LogP contribution in [0.25, 0.3) is 0 Å². The van der Waals surface area contributed by atoms with Crippen LogP contribution in [0.2, 0.25) is 0 Å². The summed E-state index contributed by atoms with van der Waals surface area (Å²) >= 11 is 0. The number of para-hydroxylation sites is 1. The predicted octanol–water partition coefficient (Wildman–Crippen LogP) is 3.15. The Balaban J connectivity index is 0.000000258. The smallest absolute Gasteiger partial charge is 0.328 e. The van der Waals surface area contributed by atoms with Gasteiger partial charge in [0.25, 0.3) is 0 Å². The lowest BCUT2D eigenvalue weighted by atomic mass is 9.84. The Morgan fingerprint density at radius 2 is 1.83 bits per heavy atom. The van der Waals surface area contributed by atoms with Crippen LogP contribution in [0, 0.1) is 0 Å². The molecule has 1 aromatic rings. The summed E-state index contributed by atoms with van der Waals surface area (Å²) in [5.74, 6) is -1.11. The molecule has 7 nitrogen and oxygen atoms in total. The van der Waals surface area contributed by atoms with Crippen molar-refractivity contribution in [3.63, 3.8) is 0 Å². The summed E-state index contributed by atoms with van der Waals surface area (Å²) in [5.41, 5.74) is 5.23. The van der Waals surface area contributed by atoms with Gasteiger partial charge < -0.3 is 20.0 Å². The van der Waals surface area contributed by atoms with Crippen molar-refractivity contribution in [1.29, 1.82) is 0 Å². The van der Waals surface area contributed by atoms with Gasteiger partial charge in [-0.3, -0.25) is 0 Å². The number of hydroxylamine groups is 2. The van der Waals surface area contributed by atoms with E-state index < -0.39 is 11.9 Å². The first-order valence-electron chi connectivity index (χ1n) is 9.33. The number of likely N-dealkylation sites (tertiary alicyclic amines) is 1. The molecule has 2 N–H and O–H groups in total. The molecule has 0 bridgehead atoms. The molecule has 1 aromatic carbocycles. The average Bonchev–Trinajstić information content (AvgIpc) is 2.80. The minimum atomic E-state index is -1.26. The molecule has 1 saturated heterocycles. The van der Waals surface area contributed by atoms with E-state index in [1.165, 1.54) is 22.4 Å². The van der Waals surface area contributed by atoms with Crippen LogP contribution >= 0.6 is 0 Å². The molecule has 0 radical (unpaired) electrons. The van der Waals surface area contributed by atoms with Gasteiger partial charge in [-0.2, -0.15) is 5.06 Å². The molecular weight excluding hydrogens is 372 g/mol. The second kappa shape index (κ2) is 8.79. The molecular formula is C22H24N2O5. The predicted molar refractivity (Wildman–Crippen MR) is 108 cm³/mol. The van der Waals surface area contributed by atoms with Crippen LogP contribution in [0.3, 0.4) is 0 Å². The van der Waals surface area contributed by atoms with E-state index in [9.17, 15) is 9.59 Å². The second-order valence-corrected chi connectivity index (χ2v) is 7.15. The third kappa shape index (κ3) is 4.94. The molecule has 0 amide bonds. The average molecular weight is 396 g/mol. The van der Waals surface area contributed by atoms with Crippen molar-refractivity contribution >= 4 is 11.9 Å². The van der Waals surface area contributed by atoms with E-state index in [1.54, 1.807) is 0 Å². The Labute approximate surface area is 169 Å². The summed E-state index contributed by atoms with van der Waals surface area (Å²) < 4.78 is 0. The number of nitrogens with zero attached hydrogens (tertiary/aromatic N) is 2. The fourth-order valence-electron chi connectivity index (χ4n) is 3.60. The zero-order chi connectivity index (χ0) is 21.0. The number of piperidine rings is 1. The molecule has 0 aromatic heterocycles. The minimum Gasteiger partial charge on any atom is -0.478 e. The molecule has 1 atom stereocenters. The number of fused-ring (bicyclic) bond motifs is 4. The van der Waals surface area contributed by atoms with Crippen LogP contribution in [-0.2, 0) is 9.59 Å². The van der Waals surface area contributed by atoms with Gasteiger partial charge in [0, 0.05) is 42.9 Å². The third-order valence-corrected chi connectivity index (χ3v) is 4.93. The first-order chi connectivity index (χ1) is 13.8. The van der Waals surface area contributed by atoms with Crippen molar-refractivity contribution in [1.82, 2.24) is 9.96 Å². The van der Waals surface area contributed by atoms with Gasteiger partial charge in [-0.25, -0.2) is 9.59 Å². The van der Waals surface area contributed by atoms with Crippen molar-refractivity contribution in [2.45, 2.75) is 19.3 Å². The Kier molecular flexibility index (Phi) is 6.19. The summed E-state index contributed by atoms with van der Waals surface area (Å²) in [4.78, 5) is 27.7. The molecule has 152 valence electrons. The van der Waals surface area contributed by atoms with E-state index in [0.717, 1.165) is 25.3 Å². The summed E-state index contributed by atoms with van der Waals surface area (Å²) in [7, 11) is 2.20. The highest BCUT2D eigenvalue weighted by atomic mass is 16.7. The fourth-order valence-corrected chi connectivity index (χ4v) is 3.60. The summed E-state index contributed by atoms with van der Waals surface area (Å²) in [5, 5.41) is 17.6. The Bertz CT molecular complexity index is 913. The van der Waals surface area contributed by atoms with Gasteiger partial charge in [0.15, 0.2) is 5.75 Å². The van der Waals surface area contributed by atoms with Gasteiger partial charge in [-0.1, -0.05) is 24.3 Å². The van der Waals surface area contributed by atoms with Crippen LogP contribution in [-0.4, -0.2) is 52.3 Å². The van der Waals surface area contributed by atoms with E-state index in [4.69, 9.17) is 15.1 Å². The zero-order valence-electron chi connectivity index (χ0n) is 16.4. The third-order valence-electron chi connectivity index (χ3n) is 4.93. The molecule has 3 aliphatic rings. The number of carbonyl (C=O) groups is 2. The molecule has 1 fully saturated rings. The molecule has 1 unspecified atom stereocenters. The Hall–Kier alpha value is -3.32. The van der Waals surface area contributed by atoms with Gasteiger partial charge >= 0.3 is 11.9 Å². The quantitative estimate of drug-likeness (QED) is 0.742. The van der Waals surface area contributed by atoms with Crippen LogP contribution in [0.15, 0.2) is 71.6 Å². The molecule has 3 heterocycles. The van der Waals surface area contributed by atoms with Crippen molar-refractivity contribution < 1.29 is 24.6 Å². The maximum Gasteiger partial charge on any atom is 0.328 e. The van der Waals surface area contributed by atoms with Crippen LogP contribution in [0.5, 0.6) is 5.75 Å². The highest BCUT2D eigenvalue weighted by molar-refractivity contribution is 5.89. The summed E-state index contributed by atoms with van der Waals surface area (Å²) in [6.07, 6.45) is 8.68. The molecule has 4 rings (SSSR count). The number of aliphatic carboxylic acids is 2. The van der Waals surface area contributed by atoms with E-state index in [-0.39, 0.29) is 0 Å². The number of likely N-dealkylation sites (N-methyl/N-ethyl adjacent to an activating group) is 1. The lowest BCUT2D eigenvalue weighted by molar-refractivity contribution is -0.134. The number of carboxylic acid groups (broad SMARTS) is 2. The fraction of sp³-hybridized carbons (Fsp3) is 0.273. The number of hydrogen-bond donors (Lipinski definition) is 2. The molecule has 29 heavy (non-hydrogen) atoms. The van der Waals surface area contributed by atoms with E-state index in [0.29, 0.717) is 18.1 Å². The molecule has 0 aliphatic carbocycles. The van der Waals surface area contributed by atoms with Gasteiger partial charge in [-0.15, -0.1) is 0 Å². The standard InChI is InChI=1S/C18H20N2O.C4H4O4/c1-13-7-8-17-14-9-10-19(2)12-16(14)15-5-3-4-6-18(15)21-20(17)11-13;5-3(6)1-2-4(7)8/h3-8,11,16H,9-10,12H2,1-2H3;1-2H,(H,5,6)(H,7,8)/b;2-1-. The van der Waals surface area contributed by atoms with E-state index in [1.807, 2.05) is 11.1 Å². The van der Waals surface area contributed by atoms with Gasteiger partial charge in [0.1, 0.15) is 0 Å². The molecule has 3 aliphatic heterocycles. The number of rotatable bonds is 2. The van der Waals surface area contributed by atoms with Crippen molar-refractivity contribution in [2.24, 2.45) is 0 Å². The summed E-state index contributed by atoms with van der Waals surface area (Å²) in [6.45, 7) is 4.27. The normalized spacial score (nSPS) is 20.4. The van der Waals surface area contributed by atoms with Crippen molar-refractivity contribution in [3.05, 3.63) is 77.2 Å². The highest BCUT2D eigenvalue weighted by Crippen LogP contribution is 2.42. The highest BCUT2D eigenvalue weighted by Gasteiger charge is 2.33. The maximum absolute atomic E-state index is 9.55. The van der Waals surface area contributed by atoms with Gasteiger partial charge in [-0.05, 0) is 43.7 Å². The van der Waals surface area contributed by atoms with Crippen LogP contribution in [0.1, 0.15) is 24.8 Å². The van der Waals surface area contributed by atoms with Crippen LogP contribution in [0.4, 0.5) is 0 Å². The SMILES string of the molecule is CC1=CN2Oc3ccccc3C3CN(C)CCC3=C2C=C1.O=C(O)/C=C\C(=O)O. The lowest BCUT2D eigenvalue weighted by Crippen LogP contribution is -2.33. The lowest BCUT2D eigenvalue weighted by Gasteiger charge is -2.33. The Morgan fingerprint density at radius 3 is 2.52 bits per heavy atom. The largest absolute Gasteiger partial charge is 0.478 e. The summed E-state index contributed by atoms with van der Waals surface area (Å²) in [6, 6.07) is 8.44. The molecule has 0 spiro atoms. The van der Waals surface area contributed by atoms with E-state index >= 15 is 0 Å². The second-order valence-electron chi connectivity index (χ2n) is 7.15. The number of hydrogen-bond acceptors (Lipinski definition) is 5. The molecule has 0 saturated carbocycles. The monoisotopic (exact) mass is 396 g/mol. The maximum atomic E-state index is 9.55. The zero-order valence-corrected chi connectivity index (χ0v) is 16.4. The van der Waals surface area contributed by atoms with Crippen molar-refractivity contribution in [3.8, 4) is 5.75 Å². The number of benzene rings is 1. The van der Waals surface area contributed by atoms with Crippen LogP contribution < -0.4 is 4.84 Å². The number of allylic oxidation sites excluding steroid dienone is 3. The first kappa shape index (κ1) is 20.4. The first-order valence-corrected chi connectivity index (χ1v) is 9.33. The van der Waals surface area contributed by atoms with Crippen molar-refractivity contribution in [2.75, 3.05) is 20.1 Å². The minimum absolute atomic E-state index is 0.427.